The van der Waals surface area contributed by atoms with E-state index < -0.39 is 10.0 Å². The van der Waals surface area contributed by atoms with Crippen molar-refractivity contribution in [3.63, 3.8) is 0 Å². The van der Waals surface area contributed by atoms with Gasteiger partial charge < -0.3 is 18.7 Å². The van der Waals surface area contributed by atoms with Crippen LogP contribution in [0.15, 0.2) is 45.1 Å². The number of unbranched alkanes of at least 4 members (excludes halogenated alkanes) is 2. The van der Waals surface area contributed by atoms with Gasteiger partial charge in [-0.25, -0.2) is 13.1 Å². The highest BCUT2D eigenvalue weighted by atomic mass is 32.2. The van der Waals surface area contributed by atoms with E-state index in [0.717, 1.165) is 4.88 Å². The van der Waals surface area contributed by atoms with Crippen molar-refractivity contribution in [3.8, 4) is 22.2 Å². The molecule has 4 rings (SSSR count). The van der Waals surface area contributed by atoms with Crippen molar-refractivity contribution in [2.45, 2.75) is 37.2 Å². The van der Waals surface area contributed by atoms with Crippen molar-refractivity contribution in [3.05, 3.63) is 41.6 Å². The molecular formula is C21H23N3O7S2. The summed E-state index contributed by atoms with van der Waals surface area (Å²) in [5.41, 5.74) is 0. The van der Waals surface area contributed by atoms with Crippen LogP contribution in [0.1, 0.15) is 31.6 Å². The zero-order valence-corrected chi connectivity index (χ0v) is 19.3. The predicted octanol–water partition coefficient (Wildman–Crippen LogP) is 3.15. The van der Waals surface area contributed by atoms with Crippen molar-refractivity contribution < 1.29 is 31.9 Å². The predicted molar refractivity (Wildman–Crippen MR) is 118 cm³/mol. The first kappa shape index (κ1) is 23.2. The van der Waals surface area contributed by atoms with Gasteiger partial charge in [-0.15, -0.1) is 11.3 Å². The summed E-state index contributed by atoms with van der Waals surface area (Å²) >= 11 is 1.49. The molecule has 176 valence electrons. The Balaban J connectivity index is 1.12. The summed E-state index contributed by atoms with van der Waals surface area (Å²) in [6, 6.07) is 8.30. The molecule has 10 nitrogen and oxygen atoms in total. The fraction of sp³-hybridized carbons (Fsp3) is 0.381. The highest BCUT2D eigenvalue weighted by Crippen LogP contribution is 2.32. The molecule has 0 fully saturated rings. The molecule has 0 radical (unpaired) electrons. The normalized spacial score (nSPS) is 13.1. The van der Waals surface area contributed by atoms with Crippen molar-refractivity contribution in [2.75, 3.05) is 19.8 Å². The van der Waals surface area contributed by atoms with Gasteiger partial charge in [-0.3, -0.25) is 4.79 Å². The van der Waals surface area contributed by atoms with Gasteiger partial charge in [0.25, 0.3) is 5.89 Å². The van der Waals surface area contributed by atoms with Gasteiger partial charge in [-0.1, -0.05) is 17.6 Å². The zero-order valence-electron chi connectivity index (χ0n) is 17.7. The van der Waals surface area contributed by atoms with Crippen LogP contribution in [0.2, 0.25) is 0 Å². The summed E-state index contributed by atoms with van der Waals surface area (Å²) < 4.78 is 48.6. The van der Waals surface area contributed by atoms with Crippen LogP contribution in [0.5, 0.6) is 11.5 Å². The molecule has 0 atom stereocenters. The molecule has 0 aliphatic carbocycles. The molecule has 1 aromatic carbocycles. The minimum Gasteiger partial charge on any atom is -0.486 e. The topological polar surface area (TPSA) is 130 Å². The van der Waals surface area contributed by atoms with E-state index in [-0.39, 0.29) is 36.3 Å². The van der Waals surface area contributed by atoms with Gasteiger partial charge in [-0.05, 0) is 36.4 Å². The van der Waals surface area contributed by atoms with E-state index in [1.165, 1.54) is 23.5 Å². The van der Waals surface area contributed by atoms with Crippen LogP contribution in [0.3, 0.4) is 0 Å². The Morgan fingerprint density at radius 1 is 1.12 bits per heavy atom. The third kappa shape index (κ3) is 6.30. The fourth-order valence-corrected chi connectivity index (χ4v) is 4.82. The monoisotopic (exact) mass is 493 g/mol. The Bertz CT molecular complexity index is 1180. The zero-order chi connectivity index (χ0) is 23.1. The van der Waals surface area contributed by atoms with E-state index >= 15 is 0 Å². The van der Waals surface area contributed by atoms with Crippen LogP contribution in [0.4, 0.5) is 0 Å². The maximum atomic E-state index is 12.5. The van der Waals surface area contributed by atoms with Crippen molar-refractivity contribution in [1.29, 1.82) is 0 Å². The number of hydrogen-bond donors (Lipinski definition) is 1. The van der Waals surface area contributed by atoms with E-state index in [1.54, 1.807) is 6.07 Å². The molecule has 12 heteroatoms. The number of hydrogen-bond acceptors (Lipinski definition) is 10. The molecule has 0 unspecified atom stereocenters. The van der Waals surface area contributed by atoms with Gasteiger partial charge in [0.2, 0.25) is 15.8 Å². The Morgan fingerprint density at radius 2 is 1.97 bits per heavy atom. The maximum Gasteiger partial charge on any atom is 0.306 e. The van der Waals surface area contributed by atoms with Crippen molar-refractivity contribution >= 4 is 27.3 Å². The van der Waals surface area contributed by atoms with Crippen LogP contribution in [0.25, 0.3) is 10.7 Å². The van der Waals surface area contributed by atoms with Gasteiger partial charge in [0, 0.05) is 19.0 Å². The standard InChI is InChI=1S/C21H23N3O7S2/c25-20(30-14-19-23-21(24-31-19)18-5-4-12-32-18)6-2-1-3-9-22-33(26,27)15-7-8-16-17(13-15)29-11-10-28-16/h4-5,7-8,12-13,22H,1-3,6,9-11,14H2. The Hall–Kier alpha value is -2.96. The van der Waals surface area contributed by atoms with Gasteiger partial charge >= 0.3 is 5.97 Å². The molecule has 0 amide bonds. The van der Waals surface area contributed by atoms with Crippen LogP contribution in [-0.4, -0.2) is 44.3 Å². The molecule has 1 aliphatic rings. The van der Waals surface area contributed by atoms with Gasteiger partial charge in [0.05, 0.1) is 9.77 Å². The number of carbonyl (C=O) groups excluding carboxylic acids is 1. The molecule has 0 spiro atoms. The number of fused-ring (bicyclic) bond motifs is 1. The number of nitrogens with zero attached hydrogens (tertiary/aromatic N) is 2. The molecule has 1 aliphatic heterocycles. The minimum absolute atomic E-state index is 0.0768. The number of ether oxygens (including phenoxy) is 3. The van der Waals surface area contributed by atoms with Crippen LogP contribution in [0, 0.1) is 0 Å². The number of thiophene rings is 1. The number of benzene rings is 1. The number of nitrogens with one attached hydrogen (secondary N) is 1. The first-order valence-corrected chi connectivity index (χ1v) is 12.8. The minimum atomic E-state index is -3.65. The third-order valence-corrected chi connectivity index (χ3v) is 7.06. The molecule has 3 heterocycles. The Kier molecular flexibility index (Phi) is 7.57. The van der Waals surface area contributed by atoms with Crippen molar-refractivity contribution in [1.82, 2.24) is 14.9 Å². The van der Waals surface area contributed by atoms with E-state index in [4.69, 9.17) is 18.7 Å². The largest absolute Gasteiger partial charge is 0.486 e. The van der Waals surface area contributed by atoms with Crippen molar-refractivity contribution in [2.24, 2.45) is 0 Å². The summed E-state index contributed by atoms with van der Waals surface area (Å²) in [6.07, 6.45) is 2.06. The Labute approximate surface area is 194 Å². The molecule has 0 saturated heterocycles. The van der Waals surface area contributed by atoms with E-state index in [1.807, 2.05) is 17.5 Å². The number of rotatable bonds is 11. The lowest BCUT2D eigenvalue weighted by Gasteiger charge is -2.18. The van der Waals surface area contributed by atoms with E-state index in [9.17, 15) is 13.2 Å². The SMILES string of the molecule is O=C(CCCCCNS(=O)(=O)c1ccc2c(c1)OCCO2)OCc1nc(-c2cccs2)no1. The van der Waals surface area contributed by atoms with Crippen LogP contribution < -0.4 is 14.2 Å². The lowest BCUT2D eigenvalue weighted by molar-refractivity contribution is -0.145. The molecule has 0 bridgehead atoms. The average Bonchev–Trinajstić information content (AvgIpc) is 3.51. The second-order valence-corrected chi connectivity index (χ2v) is 9.88. The average molecular weight is 494 g/mol. The smallest absolute Gasteiger partial charge is 0.306 e. The first-order chi connectivity index (χ1) is 16.0. The second kappa shape index (κ2) is 10.8. The summed E-state index contributed by atoms with van der Waals surface area (Å²) in [4.78, 5) is 17.1. The highest BCUT2D eigenvalue weighted by Gasteiger charge is 2.19. The fourth-order valence-electron chi connectivity index (χ4n) is 3.09. The highest BCUT2D eigenvalue weighted by molar-refractivity contribution is 7.89. The molecule has 0 saturated carbocycles. The third-order valence-electron chi connectivity index (χ3n) is 4.74. The summed E-state index contributed by atoms with van der Waals surface area (Å²) in [5.74, 6) is 1.29. The van der Waals surface area contributed by atoms with E-state index in [2.05, 4.69) is 14.9 Å². The molecule has 2 aromatic heterocycles. The number of carbonyl (C=O) groups is 1. The quantitative estimate of drug-likeness (QED) is 0.316. The van der Waals surface area contributed by atoms with Gasteiger partial charge in [0.1, 0.15) is 13.2 Å². The summed E-state index contributed by atoms with van der Waals surface area (Å²) in [7, 11) is -3.65. The lowest BCUT2D eigenvalue weighted by atomic mass is 10.2. The van der Waals surface area contributed by atoms with Crippen LogP contribution >= 0.6 is 11.3 Å². The first-order valence-electron chi connectivity index (χ1n) is 10.4. The lowest BCUT2D eigenvalue weighted by Crippen LogP contribution is -2.25. The molecule has 3 aromatic rings. The summed E-state index contributed by atoms with van der Waals surface area (Å²) in [6.45, 7) is 1.02. The molecule has 33 heavy (non-hydrogen) atoms. The van der Waals surface area contributed by atoms with Gasteiger partial charge in [-0.2, -0.15) is 4.98 Å². The molecule has 1 N–H and O–H groups in total. The summed E-state index contributed by atoms with van der Waals surface area (Å²) in [5, 5.41) is 5.77. The van der Waals surface area contributed by atoms with Gasteiger partial charge in [0.15, 0.2) is 18.1 Å². The van der Waals surface area contributed by atoms with E-state index in [0.29, 0.717) is 49.8 Å². The maximum absolute atomic E-state index is 12.5. The van der Waals surface area contributed by atoms with Crippen LogP contribution in [-0.2, 0) is 26.2 Å². The number of sulfonamides is 1. The Morgan fingerprint density at radius 3 is 2.79 bits per heavy atom. The molecular weight excluding hydrogens is 470 g/mol. The number of esters is 1. The number of aromatic nitrogens is 2. The second-order valence-electron chi connectivity index (χ2n) is 7.16.